The van der Waals surface area contributed by atoms with E-state index < -0.39 is 0 Å². The van der Waals surface area contributed by atoms with Gasteiger partial charge in [0, 0.05) is 100 Å². The quantitative estimate of drug-likeness (QED) is 0.0959. The third-order valence-electron chi connectivity index (χ3n) is 15.0. The average molecular weight is 937 g/mol. The number of hydrogen-bond acceptors (Lipinski definition) is 4. The molecular formula is C62H52N10. The molecule has 0 saturated carbocycles. The standard InChI is InChI=1S/C62H52N10/c1(15-33-69-55-23-9-7-21-51(55)53-35-43(29-31-61(53)69)37-67-39-45(63-65-67)41-71-57-25-11-3-17-47(57)48-18-4-12-26-58(48)71)2-16-34-70-56-24-10-8-22-52(56)54-36-44(30-32-62(54)70)38-68-40-46(64-66-68)42-72-59-27-13-5-19-49(59)50-20-6-14-28-60(50)72/h3-14,17-32,35-36,39-40H,1-2,15-16,33-34,37-38,41-42H2. The topological polar surface area (TPSA) is 81.1 Å². The molecule has 14 aromatic rings. The minimum Gasteiger partial charge on any atom is -0.340 e. The van der Waals surface area contributed by atoms with Crippen LogP contribution < -0.4 is 0 Å². The molecule has 6 aromatic heterocycles. The van der Waals surface area contributed by atoms with E-state index in [-0.39, 0.29) is 0 Å². The first-order valence-corrected chi connectivity index (χ1v) is 25.4. The molecule has 0 bridgehead atoms. The van der Waals surface area contributed by atoms with Crippen molar-refractivity contribution in [3.8, 4) is 0 Å². The van der Waals surface area contributed by atoms with Gasteiger partial charge in [-0.2, -0.15) is 0 Å². The monoisotopic (exact) mass is 936 g/mol. The van der Waals surface area contributed by atoms with Gasteiger partial charge in [0.1, 0.15) is 11.4 Å². The molecule has 6 heterocycles. The molecule has 10 heteroatoms. The maximum absolute atomic E-state index is 4.63. The fourth-order valence-corrected chi connectivity index (χ4v) is 11.8. The Morgan fingerprint density at radius 3 is 0.944 bits per heavy atom. The molecule has 0 aliphatic carbocycles. The van der Waals surface area contributed by atoms with Crippen LogP contribution in [0.5, 0.6) is 0 Å². The molecular weight excluding hydrogens is 885 g/mol. The van der Waals surface area contributed by atoms with Gasteiger partial charge in [-0.15, -0.1) is 10.2 Å². The van der Waals surface area contributed by atoms with Crippen molar-refractivity contribution in [1.29, 1.82) is 0 Å². The number of hydrogen-bond donors (Lipinski definition) is 0. The Kier molecular flexibility index (Phi) is 10.3. The van der Waals surface area contributed by atoms with Crippen LogP contribution in [-0.4, -0.2) is 48.3 Å². The van der Waals surface area contributed by atoms with Crippen LogP contribution in [0.15, 0.2) is 194 Å². The van der Waals surface area contributed by atoms with E-state index in [4.69, 9.17) is 0 Å². The Labute approximate surface area is 415 Å². The van der Waals surface area contributed by atoms with Crippen LogP contribution in [0.1, 0.15) is 48.2 Å². The molecule has 72 heavy (non-hydrogen) atoms. The number of benzene rings is 8. The molecule has 0 aliphatic rings. The number of rotatable bonds is 15. The van der Waals surface area contributed by atoms with Gasteiger partial charge in [-0.05, 0) is 84.6 Å². The Balaban J connectivity index is 0.631. The molecule has 350 valence electrons. The van der Waals surface area contributed by atoms with Gasteiger partial charge in [0.2, 0.25) is 0 Å². The maximum Gasteiger partial charge on any atom is 0.102 e. The third-order valence-corrected chi connectivity index (χ3v) is 15.0. The lowest BCUT2D eigenvalue weighted by Crippen LogP contribution is -2.02. The van der Waals surface area contributed by atoms with Crippen LogP contribution in [0, 0.1) is 0 Å². The van der Waals surface area contributed by atoms with E-state index in [9.17, 15) is 0 Å². The summed E-state index contributed by atoms with van der Waals surface area (Å²) in [6.07, 6.45) is 8.80. The van der Waals surface area contributed by atoms with Gasteiger partial charge in [-0.3, -0.25) is 0 Å². The van der Waals surface area contributed by atoms with Gasteiger partial charge in [0.25, 0.3) is 0 Å². The predicted octanol–water partition coefficient (Wildman–Crippen LogP) is 13.8. The summed E-state index contributed by atoms with van der Waals surface area (Å²) < 4.78 is 13.7. The van der Waals surface area contributed by atoms with E-state index in [0.29, 0.717) is 26.2 Å². The van der Waals surface area contributed by atoms with Gasteiger partial charge >= 0.3 is 0 Å². The summed E-state index contributed by atoms with van der Waals surface area (Å²) in [5.74, 6) is 0. The number of aryl methyl sites for hydroxylation is 2. The minimum atomic E-state index is 0.665. The molecule has 14 rings (SSSR count). The van der Waals surface area contributed by atoms with E-state index in [0.717, 1.165) is 37.3 Å². The molecule has 0 saturated heterocycles. The molecule has 8 aromatic carbocycles. The van der Waals surface area contributed by atoms with E-state index >= 15 is 0 Å². The number of aromatic nitrogens is 10. The number of nitrogens with zero attached hydrogens (tertiary/aromatic N) is 10. The lowest BCUT2D eigenvalue weighted by molar-refractivity contribution is 0.559. The van der Waals surface area contributed by atoms with E-state index in [1.54, 1.807) is 0 Å². The average Bonchev–Trinajstić information content (AvgIpc) is 4.30. The van der Waals surface area contributed by atoms with Crippen molar-refractivity contribution in [3.05, 3.63) is 217 Å². The smallest absolute Gasteiger partial charge is 0.102 e. The Bertz CT molecular complexity index is 3940. The van der Waals surface area contributed by atoms with Crippen molar-refractivity contribution in [2.45, 2.75) is 65.0 Å². The van der Waals surface area contributed by atoms with Crippen LogP contribution in [0.4, 0.5) is 0 Å². The Hall–Kier alpha value is -8.76. The summed E-state index contributed by atoms with van der Waals surface area (Å²) in [6.45, 7) is 4.65. The summed E-state index contributed by atoms with van der Waals surface area (Å²) in [6, 6.07) is 66.1. The highest BCUT2D eigenvalue weighted by Gasteiger charge is 2.17. The zero-order valence-electron chi connectivity index (χ0n) is 40.0. The number of para-hydroxylation sites is 6. The van der Waals surface area contributed by atoms with Gasteiger partial charge in [0.15, 0.2) is 0 Å². The second-order valence-corrected chi connectivity index (χ2v) is 19.5. The summed E-state index contributed by atoms with van der Waals surface area (Å²) in [5, 5.41) is 28.7. The highest BCUT2D eigenvalue weighted by molar-refractivity contribution is 6.10. The second kappa shape index (κ2) is 17.6. The van der Waals surface area contributed by atoms with Gasteiger partial charge in [-0.25, -0.2) is 9.36 Å². The van der Waals surface area contributed by atoms with Crippen molar-refractivity contribution in [1.82, 2.24) is 48.3 Å². The molecule has 0 spiro atoms. The van der Waals surface area contributed by atoms with Crippen molar-refractivity contribution >= 4 is 87.2 Å². The molecule has 0 N–H and O–H groups in total. The lowest BCUT2D eigenvalue weighted by Gasteiger charge is -2.10. The van der Waals surface area contributed by atoms with E-state index in [2.05, 4.69) is 233 Å². The second-order valence-electron chi connectivity index (χ2n) is 19.5. The molecule has 0 amide bonds. The fourth-order valence-electron chi connectivity index (χ4n) is 11.8. The first-order valence-electron chi connectivity index (χ1n) is 25.4. The summed E-state index contributed by atoms with van der Waals surface area (Å²) in [4.78, 5) is 0. The van der Waals surface area contributed by atoms with Crippen LogP contribution in [0.2, 0.25) is 0 Å². The van der Waals surface area contributed by atoms with Crippen LogP contribution in [0.3, 0.4) is 0 Å². The summed E-state index contributed by atoms with van der Waals surface area (Å²) >= 11 is 0. The van der Waals surface area contributed by atoms with E-state index in [1.165, 1.54) is 111 Å². The summed E-state index contributed by atoms with van der Waals surface area (Å²) in [7, 11) is 0. The first-order chi connectivity index (χ1) is 35.7. The molecule has 0 aliphatic heterocycles. The molecule has 0 radical (unpaired) electrons. The molecule has 0 unspecified atom stereocenters. The van der Waals surface area contributed by atoms with E-state index in [1.807, 2.05) is 9.36 Å². The fraction of sp³-hybridized carbons (Fsp3) is 0.161. The zero-order valence-corrected chi connectivity index (χ0v) is 40.0. The van der Waals surface area contributed by atoms with Crippen LogP contribution in [0.25, 0.3) is 87.2 Å². The van der Waals surface area contributed by atoms with Crippen molar-refractivity contribution in [2.75, 3.05) is 0 Å². The highest BCUT2D eigenvalue weighted by Crippen LogP contribution is 2.34. The Morgan fingerprint density at radius 2 is 0.583 bits per heavy atom. The van der Waals surface area contributed by atoms with Gasteiger partial charge < -0.3 is 18.3 Å². The maximum atomic E-state index is 4.63. The third kappa shape index (κ3) is 7.32. The highest BCUT2D eigenvalue weighted by atomic mass is 15.4. The van der Waals surface area contributed by atoms with Crippen molar-refractivity contribution < 1.29 is 0 Å². The SMILES string of the molecule is c1ccc2c(c1)c1cc(Cn3cc(Cn4c5ccccc5c5ccccc54)nn3)ccc1n2CCCCCCn1c2ccccc2c2cc(Cn3cc(Cn4c5ccccc5c5ccccc54)nn3)ccc21. The first kappa shape index (κ1) is 42.1. The van der Waals surface area contributed by atoms with Crippen LogP contribution in [-0.2, 0) is 39.3 Å². The van der Waals surface area contributed by atoms with Crippen molar-refractivity contribution in [3.63, 3.8) is 0 Å². The van der Waals surface area contributed by atoms with Crippen molar-refractivity contribution in [2.24, 2.45) is 0 Å². The summed E-state index contributed by atoms with van der Waals surface area (Å²) in [5.41, 5.74) is 14.4. The molecule has 10 nitrogen and oxygen atoms in total. The number of fused-ring (bicyclic) bond motifs is 12. The van der Waals surface area contributed by atoms with Crippen LogP contribution >= 0.6 is 0 Å². The predicted molar refractivity (Wildman–Crippen MR) is 293 cm³/mol. The zero-order chi connectivity index (χ0) is 47.5. The molecule has 0 fully saturated rings. The van der Waals surface area contributed by atoms with Gasteiger partial charge in [-0.1, -0.05) is 145 Å². The largest absolute Gasteiger partial charge is 0.340 e. The van der Waals surface area contributed by atoms with Gasteiger partial charge in [0.05, 0.1) is 38.6 Å². The normalized spacial score (nSPS) is 12.2. The Morgan fingerprint density at radius 1 is 0.278 bits per heavy atom. The molecule has 0 atom stereocenters. The minimum absolute atomic E-state index is 0.665. The number of unbranched alkanes of at least 4 members (excludes halogenated alkanes) is 3. The lowest BCUT2D eigenvalue weighted by atomic mass is 10.1.